The van der Waals surface area contributed by atoms with E-state index in [2.05, 4.69) is 13.8 Å². The summed E-state index contributed by atoms with van der Waals surface area (Å²) in [5.74, 6) is 3.68. The first-order valence-corrected chi connectivity index (χ1v) is 12.5. The van der Waals surface area contributed by atoms with E-state index in [0.29, 0.717) is 29.1 Å². The average Bonchev–Trinajstić information content (AvgIpc) is 3.01. The number of rotatable bonds is 5. The molecule has 30 heavy (non-hydrogen) atoms. The van der Waals surface area contributed by atoms with Gasteiger partial charge in [0, 0.05) is 0 Å². The number of unbranched alkanes of at least 4 members (excludes halogenated alkanes) is 1. The number of alkyl halides is 3. The van der Waals surface area contributed by atoms with E-state index in [4.69, 9.17) is 0 Å². The van der Waals surface area contributed by atoms with E-state index >= 15 is 0 Å². The van der Waals surface area contributed by atoms with Gasteiger partial charge in [-0.15, -0.1) is 0 Å². The lowest BCUT2D eigenvalue weighted by molar-refractivity contribution is -0.205. The van der Waals surface area contributed by atoms with Crippen molar-refractivity contribution in [2.45, 2.75) is 116 Å². The van der Waals surface area contributed by atoms with Crippen LogP contribution in [0.5, 0.6) is 0 Å². The Balaban J connectivity index is 1.36. The van der Waals surface area contributed by atoms with Gasteiger partial charge < -0.3 is 10.2 Å². The van der Waals surface area contributed by atoms with Crippen molar-refractivity contribution in [2.24, 2.45) is 40.4 Å². The highest BCUT2D eigenvalue weighted by Gasteiger charge is 2.59. The van der Waals surface area contributed by atoms with Crippen molar-refractivity contribution in [1.29, 1.82) is 0 Å². The third-order valence-corrected chi connectivity index (χ3v) is 10.5. The van der Waals surface area contributed by atoms with Crippen LogP contribution >= 0.6 is 0 Å². The first-order valence-electron chi connectivity index (χ1n) is 12.5. The predicted octanol–water partition coefficient (Wildman–Crippen LogP) is 6.49. The van der Waals surface area contributed by atoms with Crippen LogP contribution in [0.1, 0.15) is 97.3 Å². The molecule has 174 valence electrons. The highest BCUT2D eigenvalue weighted by molar-refractivity contribution is 5.09. The molecule has 2 N–H and O–H groups in total. The molecule has 4 fully saturated rings. The smallest absolute Gasteiger partial charge is 0.393 e. The molecule has 0 aliphatic heterocycles. The molecule has 5 heteroatoms. The maximum absolute atomic E-state index is 12.5. The van der Waals surface area contributed by atoms with E-state index in [9.17, 15) is 23.4 Å². The van der Waals surface area contributed by atoms with Crippen molar-refractivity contribution in [1.82, 2.24) is 0 Å². The van der Waals surface area contributed by atoms with E-state index in [0.717, 1.165) is 43.4 Å². The molecule has 4 saturated carbocycles. The lowest BCUT2D eigenvalue weighted by Gasteiger charge is -2.61. The van der Waals surface area contributed by atoms with Crippen LogP contribution in [0.4, 0.5) is 13.2 Å². The Bertz CT molecular complexity index is 608. The predicted molar refractivity (Wildman–Crippen MR) is 112 cm³/mol. The molecule has 0 radical (unpaired) electrons. The Labute approximate surface area is 180 Å². The second-order valence-electron chi connectivity index (χ2n) is 11.7. The lowest BCUT2D eigenvalue weighted by Crippen LogP contribution is -2.53. The Morgan fingerprint density at radius 3 is 2.33 bits per heavy atom. The lowest BCUT2D eigenvalue weighted by atomic mass is 9.44. The minimum absolute atomic E-state index is 0.0970. The van der Waals surface area contributed by atoms with Gasteiger partial charge in [0.15, 0.2) is 0 Å². The minimum atomic E-state index is -4.48. The van der Waals surface area contributed by atoms with Crippen molar-refractivity contribution in [3.8, 4) is 0 Å². The van der Waals surface area contributed by atoms with Gasteiger partial charge in [0.2, 0.25) is 0 Å². The van der Waals surface area contributed by atoms with Crippen LogP contribution in [-0.4, -0.2) is 28.6 Å². The fourth-order valence-corrected chi connectivity index (χ4v) is 8.71. The van der Waals surface area contributed by atoms with E-state index in [1.165, 1.54) is 44.9 Å². The third-order valence-electron chi connectivity index (χ3n) is 10.5. The van der Waals surface area contributed by atoms with Gasteiger partial charge in [-0.05, 0) is 111 Å². The minimum Gasteiger partial charge on any atom is -0.393 e. The maximum Gasteiger partial charge on any atom is 0.414 e. The molecule has 0 heterocycles. The molecule has 0 aromatic carbocycles. The third kappa shape index (κ3) is 3.95. The molecule has 0 spiro atoms. The van der Waals surface area contributed by atoms with Crippen LogP contribution in [0.2, 0.25) is 0 Å². The summed E-state index contributed by atoms with van der Waals surface area (Å²) in [5, 5.41) is 19.4. The molecule has 4 rings (SSSR count). The summed E-state index contributed by atoms with van der Waals surface area (Å²) >= 11 is 0. The molecule has 4 aliphatic carbocycles. The summed E-state index contributed by atoms with van der Waals surface area (Å²) in [6.07, 6.45) is 6.16. The summed E-state index contributed by atoms with van der Waals surface area (Å²) in [6.45, 7) is 5.00. The second-order valence-corrected chi connectivity index (χ2v) is 11.7. The molecule has 8 unspecified atom stereocenters. The van der Waals surface area contributed by atoms with Crippen molar-refractivity contribution in [2.75, 3.05) is 0 Å². The topological polar surface area (TPSA) is 40.5 Å². The highest BCUT2D eigenvalue weighted by Crippen LogP contribution is 2.67. The van der Waals surface area contributed by atoms with Crippen molar-refractivity contribution in [3.63, 3.8) is 0 Å². The Morgan fingerprint density at radius 1 is 0.900 bits per heavy atom. The van der Waals surface area contributed by atoms with Gasteiger partial charge in [0.1, 0.15) is 6.10 Å². The van der Waals surface area contributed by atoms with Gasteiger partial charge in [0.05, 0.1) is 6.10 Å². The molecule has 0 aromatic rings. The van der Waals surface area contributed by atoms with Gasteiger partial charge in [0.25, 0.3) is 0 Å². The molecule has 4 aliphatic rings. The van der Waals surface area contributed by atoms with Crippen LogP contribution in [-0.2, 0) is 0 Å². The zero-order chi connectivity index (χ0) is 21.7. The van der Waals surface area contributed by atoms with Crippen LogP contribution in [0.15, 0.2) is 0 Å². The number of fused-ring (bicyclic) bond motifs is 5. The van der Waals surface area contributed by atoms with Crippen molar-refractivity contribution in [3.05, 3.63) is 0 Å². The molecule has 0 bridgehead atoms. The van der Waals surface area contributed by atoms with Crippen LogP contribution in [0.3, 0.4) is 0 Å². The Hall–Kier alpha value is -0.290. The SMILES string of the molecule is CC12CCC(O)CC1CCC1C2CCC2(C)C1CC[C@@H]2CCCCC(O)C(F)(F)F. The summed E-state index contributed by atoms with van der Waals surface area (Å²) in [5.41, 5.74) is 0.747. The zero-order valence-electron chi connectivity index (χ0n) is 18.8. The molecular weight excluding hydrogens is 389 g/mol. The quantitative estimate of drug-likeness (QED) is 0.490. The van der Waals surface area contributed by atoms with E-state index in [1.807, 2.05) is 0 Å². The Kier molecular flexibility index (Phi) is 6.29. The van der Waals surface area contributed by atoms with Gasteiger partial charge in [-0.2, -0.15) is 13.2 Å². The van der Waals surface area contributed by atoms with E-state index < -0.39 is 12.3 Å². The molecule has 0 amide bonds. The second kappa shape index (κ2) is 8.24. The van der Waals surface area contributed by atoms with Gasteiger partial charge >= 0.3 is 6.18 Å². The van der Waals surface area contributed by atoms with Crippen molar-refractivity contribution < 1.29 is 23.4 Å². The first-order chi connectivity index (χ1) is 14.1. The molecule has 9 atom stereocenters. The largest absolute Gasteiger partial charge is 0.414 e. The number of hydrogen-bond acceptors (Lipinski definition) is 2. The normalized spacial score (nSPS) is 47.3. The first kappa shape index (κ1) is 22.9. The van der Waals surface area contributed by atoms with Gasteiger partial charge in [-0.3, -0.25) is 0 Å². The molecule has 0 aromatic heterocycles. The van der Waals surface area contributed by atoms with Crippen molar-refractivity contribution >= 4 is 0 Å². The van der Waals surface area contributed by atoms with Gasteiger partial charge in [-0.25, -0.2) is 0 Å². The molecule has 2 nitrogen and oxygen atoms in total. The maximum atomic E-state index is 12.5. The summed E-state index contributed by atoms with van der Waals surface area (Å²) in [7, 11) is 0. The number of aliphatic hydroxyl groups excluding tert-OH is 2. The fraction of sp³-hybridized carbons (Fsp3) is 1.00. The zero-order valence-corrected chi connectivity index (χ0v) is 18.8. The van der Waals surface area contributed by atoms with Gasteiger partial charge in [-0.1, -0.05) is 26.7 Å². The average molecular weight is 431 g/mol. The summed E-state index contributed by atoms with van der Waals surface area (Å²) in [6, 6.07) is 0. The molecular formula is C25H41F3O2. The molecule has 0 saturated heterocycles. The van der Waals surface area contributed by atoms with E-state index in [1.54, 1.807) is 0 Å². The monoisotopic (exact) mass is 430 g/mol. The standard InChI is InChI=1S/C25H41F3O2/c1-23-14-12-21-19(9-7-17-15-18(29)11-13-24(17,21)2)20(23)10-8-16(23)5-3-4-6-22(30)25(26,27)28/h16-22,29-30H,3-15H2,1-2H3/t16-,17?,18?,19?,20?,21?,22?,23?,24?/m0/s1. The van der Waals surface area contributed by atoms with Crippen LogP contribution in [0, 0.1) is 40.4 Å². The summed E-state index contributed by atoms with van der Waals surface area (Å²) in [4.78, 5) is 0. The number of hydrogen-bond donors (Lipinski definition) is 2. The highest BCUT2D eigenvalue weighted by atomic mass is 19.4. The summed E-state index contributed by atoms with van der Waals surface area (Å²) < 4.78 is 37.6. The fourth-order valence-electron chi connectivity index (χ4n) is 8.71. The number of aliphatic hydroxyl groups is 2. The van der Waals surface area contributed by atoms with Crippen LogP contribution < -0.4 is 0 Å². The Morgan fingerprint density at radius 2 is 1.60 bits per heavy atom. The number of halogens is 3. The van der Waals surface area contributed by atoms with E-state index in [-0.39, 0.29) is 12.5 Å². The van der Waals surface area contributed by atoms with Crippen LogP contribution in [0.25, 0.3) is 0 Å².